The summed E-state index contributed by atoms with van der Waals surface area (Å²) in [5, 5.41) is 0. The molecular formula is C61H114O5. The van der Waals surface area contributed by atoms with E-state index in [0.717, 1.165) is 44.9 Å². The summed E-state index contributed by atoms with van der Waals surface area (Å²) in [6.07, 6.45) is 70.2. The fraction of sp³-hybridized carbons (Fsp3) is 0.869. The van der Waals surface area contributed by atoms with Crippen LogP contribution in [-0.2, 0) is 23.8 Å². The number of esters is 2. The van der Waals surface area contributed by atoms with Gasteiger partial charge in [-0.25, -0.2) is 0 Å². The molecule has 0 aliphatic carbocycles. The molecule has 0 aliphatic rings. The summed E-state index contributed by atoms with van der Waals surface area (Å²) in [6.45, 7) is 7.80. The van der Waals surface area contributed by atoms with Gasteiger partial charge in [0.25, 0.3) is 0 Å². The van der Waals surface area contributed by atoms with Crippen molar-refractivity contribution in [2.75, 3.05) is 19.8 Å². The molecule has 66 heavy (non-hydrogen) atoms. The number of ether oxygens (including phenoxy) is 3. The van der Waals surface area contributed by atoms with Gasteiger partial charge in [-0.3, -0.25) is 9.59 Å². The van der Waals surface area contributed by atoms with E-state index < -0.39 is 6.10 Å². The molecule has 0 radical (unpaired) electrons. The van der Waals surface area contributed by atoms with Crippen molar-refractivity contribution in [3.63, 3.8) is 0 Å². The van der Waals surface area contributed by atoms with Crippen molar-refractivity contribution in [1.82, 2.24) is 0 Å². The third-order valence-electron chi connectivity index (χ3n) is 13.1. The average Bonchev–Trinajstić information content (AvgIpc) is 3.32. The van der Waals surface area contributed by atoms with Gasteiger partial charge < -0.3 is 14.2 Å². The Morgan fingerprint density at radius 1 is 0.333 bits per heavy atom. The molecule has 0 saturated heterocycles. The average molecular weight is 928 g/mol. The van der Waals surface area contributed by atoms with Gasteiger partial charge in [0.15, 0.2) is 6.10 Å². The van der Waals surface area contributed by atoms with Crippen LogP contribution in [0.3, 0.4) is 0 Å². The van der Waals surface area contributed by atoms with Gasteiger partial charge >= 0.3 is 11.9 Å². The van der Waals surface area contributed by atoms with Crippen LogP contribution < -0.4 is 0 Å². The lowest BCUT2D eigenvalue weighted by Crippen LogP contribution is -2.30. The molecule has 0 aromatic rings. The highest BCUT2D eigenvalue weighted by molar-refractivity contribution is 5.70. The minimum absolute atomic E-state index is 0.0853. The number of carbonyl (C=O) groups is 2. The fourth-order valence-corrected chi connectivity index (χ4v) is 8.72. The lowest BCUT2D eigenvalue weighted by atomic mass is 10.0. The molecule has 0 heterocycles. The highest BCUT2D eigenvalue weighted by Gasteiger charge is 2.17. The van der Waals surface area contributed by atoms with Crippen molar-refractivity contribution in [1.29, 1.82) is 0 Å². The second kappa shape index (κ2) is 57.4. The zero-order valence-electron chi connectivity index (χ0n) is 44.7. The number of rotatable bonds is 55. The van der Waals surface area contributed by atoms with Crippen molar-refractivity contribution in [2.45, 2.75) is 322 Å². The van der Waals surface area contributed by atoms with Crippen molar-refractivity contribution in [3.05, 3.63) is 36.5 Å². The topological polar surface area (TPSA) is 61.8 Å². The summed E-state index contributed by atoms with van der Waals surface area (Å²) >= 11 is 0. The predicted octanol–water partition coefficient (Wildman–Crippen LogP) is 20.1. The molecule has 0 N–H and O–H groups in total. The lowest BCUT2D eigenvalue weighted by Gasteiger charge is -2.18. The van der Waals surface area contributed by atoms with E-state index in [1.807, 2.05) is 0 Å². The maximum Gasteiger partial charge on any atom is 0.306 e. The van der Waals surface area contributed by atoms with E-state index in [9.17, 15) is 9.59 Å². The molecule has 1 atom stereocenters. The Labute approximate surface area is 412 Å². The second-order valence-electron chi connectivity index (χ2n) is 19.9. The minimum atomic E-state index is -0.538. The van der Waals surface area contributed by atoms with Crippen LogP contribution in [0.2, 0.25) is 0 Å². The van der Waals surface area contributed by atoms with Crippen molar-refractivity contribution in [2.24, 2.45) is 0 Å². The van der Waals surface area contributed by atoms with Gasteiger partial charge in [0.2, 0.25) is 0 Å². The summed E-state index contributed by atoms with van der Waals surface area (Å²) in [6, 6.07) is 0. The van der Waals surface area contributed by atoms with Crippen LogP contribution in [0, 0.1) is 0 Å². The van der Waals surface area contributed by atoms with Crippen LogP contribution in [0.4, 0.5) is 0 Å². The molecule has 0 fully saturated rings. The molecule has 0 spiro atoms. The van der Waals surface area contributed by atoms with Crippen molar-refractivity contribution < 1.29 is 23.8 Å². The molecule has 0 amide bonds. The molecular weight excluding hydrogens is 813 g/mol. The van der Waals surface area contributed by atoms with Gasteiger partial charge in [-0.05, 0) is 70.6 Å². The monoisotopic (exact) mass is 927 g/mol. The lowest BCUT2D eigenvalue weighted by molar-refractivity contribution is -0.163. The molecule has 0 aromatic carbocycles. The van der Waals surface area contributed by atoms with Crippen molar-refractivity contribution in [3.8, 4) is 0 Å². The molecule has 388 valence electrons. The molecule has 0 bridgehead atoms. The first-order valence-electron chi connectivity index (χ1n) is 29.5. The second-order valence-corrected chi connectivity index (χ2v) is 19.9. The highest BCUT2D eigenvalue weighted by atomic mass is 16.6. The summed E-state index contributed by atoms with van der Waals surface area (Å²) in [5.74, 6) is -0.386. The van der Waals surface area contributed by atoms with Gasteiger partial charge in [0, 0.05) is 19.4 Å². The van der Waals surface area contributed by atoms with Crippen LogP contribution in [0.5, 0.6) is 0 Å². The van der Waals surface area contributed by atoms with Gasteiger partial charge in [-0.1, -0.05) is 269 Å². The Balaban J connectivity index is 4.22. The SMILES string of the molecule is CCC/C=C\C/C=C\CCCCCCCCOCC(COC(=O)CCCCCCCCCCC/C=C\CCCCCCCC)OC(=O)CCCCCCCCCCCCCCCCCCC. The molecule has 0 aromatic heterocycles. The number of unbranched alkanes of at least 4 members (excludes halogenated alkanes) is 38. The standard InChI is InChI=1S/C61H114O5/c1-4-7-10-13-16-19-22-25-28-30-31-33-34-36-39-42-45-48-51-54-60(62)65-58-59(57-64-56-53-50-47-44-41-38-27-24-21-18-15-12-9-6-3)66-61(63)55-52-49-46-43-40-37-35-32-29-26-23-20-17-14-11-8-5-2/h12,15,21,24-25,28,59H,4-11,13-14,16-20,22-23,26-27,29-58H2,1-3H3/b15-12-,24-21-,28-25-. The summed E-state index contributed by atoms with van der Waals surface area (Å²) in [7, 11) is 0. The summed E-state index contributed by atoms with van der Waals surface area (Å²) in [5.41, 5.74) is 0. The third-order valence-corrected chi connectivity index (χ3v) is 13.1. The zero-order valence-corrected chi connectivity index (χ0v) is 44.7. The minimum Gasteiger partial charge on any atom is -0.462 e. The molecule has 0 rings (SSSR count). The Morgan fingerprint density at radius 2 is 0.667 bits per heavy atom. The summed E-state index contributed by atoms with van der Waals surface area (Å²) in [4.78, 5) is 25.5. The van der Waals surface area contributed by atoms with Crippen LogP contribution in [0.25, 0.3) is 0 Å². The molecule has 5 nitrogen and oxygen atoms in total. The number of allylic oxidation sites excluding steroid dienone is 6. The Morgan fingerprint density at radius 3 is 1.08 bits per heavy atom. The smallest absolute Gasteiger partial charge is 0.306 e. The Hall–Kier alpha value is -1.88. The fourth-order valence-electron chi connectivity index (χ4n) is 8.72. The molecule has 0 aliphatic heterocycles. The van der Waals surface area contributed by atoms with E-state index in [0.29, 0.717) is 19.4 Å². The third kappa shape index (κ3) is 54.7. The molecule has 1 unspecified atom stereocenters. The van der Waals surface area contributed by atoms with E-state index in [1.165, 1.54) is 238 Å². The van der Waals surface area contributed by atoms with E-state index in [4.69, 9.17) is 14.2 Å². The zero-order chi connectivity index (χ0) is 47.7. The van der Waals surface area contributed by atoms with Crippen molar-refractivity contribution >= 4 is 11.9 Å². The number of hydrogen-bond donors (Lipinski definition) is 0. The van der Waals surface area contributed by atoms with Gasteiger partial charge in [0.05, 0.1) is 6.61 Å². The number of hydrogen-bond acceptors (Lipinski definition) is 5. The predicted molar refractivity (Wildman–Crippen MR) is 288 cm³/mol. The van der Waals surface area contributed by atoms with Gasteiger partial charge in [-0.2, -0.15) is 0 Å². The van der Waals surface area contributed by atoms with Crippen LogP contribution in [0.15, 0.2) is 36.5 Å². The Bertz CT molecular complexity index is 1050. The van der Waals surface area contributed by atoms with Gasteiger partial charge in [-0.15, -0.1) is 0 Å². The molecule has 0 saturated carbocycles. The highest BCUT2D eigenvalue weighted by Crippen LogP contribution is 2.17. The van der Waals surface area contributed by atoms with Crippen LogP contribution in [-0.4, -0.2) is 37.9 Å². The Kier molecular flexibility index (Phi) is 55.8. The first-order valence-corrected chi connectivity index (χ1v) is 29.5. The maximum atomic E-state index is 12.9. The van der Waals surface area contributed by atoms with E-state index in [-0.39, 0.29) is 25.2 Å². The quantitative estimate of drug-likeness (QED) is 0.0345. The summed E-state index contributed by atoms with van der Waals surface area (Å²) < 4.78 is 17.5. The first kappa shape index (κ1) is 64.1. The number of carbonyl (C=O) groups excluding carboxylic acids is 2. The van der Waals surface area contributed by atoms with E-state index in [1.54, 1.807) is 0 Å². The van der Waals surface area contributed by atoms with Crippen LogP contribution >= 0.6 is 0 Å². The largest absolute Gasteiger partial charge is 0.462 e. The first-order chi connectivity index (χ1) is 32.6. The normalized spacial score (nSPS) is 12.3. The van der Waals surface area contributed by atoms with Gasteiger partial charge in [0.1, 0.15) is 6.61 Å². The van der Waals surface area contributed by atoms with Crippen LogP contribution in [0.1, 0.15) is 316 Å². The maximum absolute atomic E-state index is 12.9. The van der Waals surface area contributed by atoms with E-state index in [2.05, 4.69) is 57.2 Å². The molecule has 5 heteroatoms. The van der Waals surface area contributed by atoms with E-state index >= 15 is 0 Å².